The van der Waals surface area contributed by atoms with Gasteiger partial charge in [0.1, 0.15) is 0 Å². The van der Waals surface area contributed by atoms with Crippen molar-refractivity contribution in [2.45, 2.75) is 43.9 Å². The van der Waals surface area contributed by atoms with Gasteiger partial charge in [-0.3, -0.25) is 0 Å². The molecule has 0 aromatic heterocycles. The number of hydrogen-bond acceptors (Lipinski definition) is 0. The molecule has 4 bridgehead atoms. The van der Waals surface area contributed by atoms with Crippen LogP contribution in [0.3, 0.4) is 0 Å². The molecule has 0 unspecified atom stereocenters. The highest BCUT2D eigenvalue weighted by molar-refractivity contribution is 5.88. The molecule has 0 atom stereocenters. The fraction of sp³-hybridized carbons (Fsp3) is 0.333. The Kier molecular flexibility index (Phi) is 3.71. The van der Waals surface area contributed by atoms with E-state index in [9.17, 15) is 0 Å². The minimum absolute atomic E-state index is 0.154. The van der Waals surface area contributed by atoms with Gasteiger partial charge in [-0.05, 0) is 112 Å². The zero-order valence-corrected chi connectivity index (χ0v) is 19.1. The van der Waals surface area contributed by atoms with Crippen LogP contribution in [0.1, 0.15) is 54.4 Å². The summed E-state index contributed by atoms with van der Waals surface area (Å²) in [6.45, 7) is 0. The van der Waals surface area contributed by atoms with E-state index in [1.165, 1.54) is 65.1 Å². The third-order valence-corrected chi connectivity index (χ3v) is 9.94. The monoisotopic (exact) mass is 426 g/mol. The number of hydrogen-bond donors (Lipinski definition) is 0. The van der Waals surface area contributed by atoms with Crippen LogP contribution in [0, 0.1) is 23.7 Å². The van der Waals surface area contributed by atoms with Crippen molar-refractivity contribution in [3.8, 4) is 11.1 Å². The molecule has 0 heteroatoms. The first-order valence-electron chi connectivity index (χ1n) is 13.0. The molecule has 162 valence electrons. The lowest BCUT2D eigenvalue weighted by molar-refractivity contribution is -0.0412. The Bertz CT molecular complexity index is 1370. The summed E-state index contributed by atoms with van der Waals surface area (Å²) in [5, 5.41) is 2.88. The van der Waals surface area contributed by atoms with Crippen molar-refractivity contribution in [3.05, 3.63) is 107 Å². The van der Waals surface area contributed by atoms with Crippen molar-refractivity contribution in [1.29, 1.82) is 0 Å². The normalized spacial score (nSPS) is 31.0. The molecular formula is C33H30. The summed E-state index contributed by atoms with van der Waals surface area (Å²) in [6, 6.07) is 33.0. The largest absolute Gasteiger partial charge is 0.0619 e. The molecule has 0 radical (unpaired) electrons. The van der Waals surface area contributed by atoms with Crippen molar-refractivity contribution < 1.29 is 0 Å². The Labute approximate surface area is 196 Å². The molecule has 4 fully saturated rings. The summed E-state index contributed by atoms with van der Waals surface area (Å²) >= 11 is 0. The van der Waals surface area contributed by atoms with Crippen LogP contribution in [0.5, 0.6) is 0 Å². The molecule has 0 N–H and O–H groups in total. The van der Waals surface area contributed by atoms with Crippen LogP contribution in [-0.4, -0.2) is 0 Å². The van der Waals surface area contributed by atoms with Gasteiger partial charge in [-0.15, -0.1) is 0 Å². The van der Waals surface area contributed by atoms with Gasteiger partial charge in [-0.2, -0.15) is 0 Å². The molecule has 5 aliphatic carbocycles. The van der Waals surface area contributed by atoms with E-state index in [4.69, 9.17) is 0 Å². The first-order valence-corrected chi connectivity index (χ1v) is 13.0. The van der Waals surface area contributed by atoms with Gasteiger partial charge in [0.05, 0.1) is 0 Å². The Morgan fingerprint density at radius 2 is 1.27 bits per heavy atom. The predicted octanol–water partition coefficient (Wildman–Crippen LogP) is 8.15. The van der Waals surface area contributed by atoms with E-state index in [-0.39, 0.29) is 5.41 Å². The highest BCUT2D eigenvalue weighted by Gasteiger charge is 2.59. The summed E-state index contributed by atoms with van der Waals surface area (Å²) in [4.78, 5) is 0. The maximum Gasteiger partial charge on any atom is 0.0265 e. The molecule has 4 aromatic rings. The van der Waals surface area contributed by atoms with Crippen molar-refractivity contribution in [1.82, 2.24) is 0 Å². The topological polar surface area (TPSA) is 0 Å². The lowest BCUT2D eigenvalue weighted by atomic mass is 9.42. The van der Waals surface area contributed by atoms with E-state index >= 15 is 0 Å². The van der Waals surface area contributed by atoms with E-state index in [1.54, 1.807) is 11.1 Å². The SMILES string of the molecule is c1ccc2c(c1)Cc1ccc(C3(c4cccc5ccccc45)C4CC5CC(C4)CC3C5)cc1-2. The average molecular weight is 427 g/mol. The highest BCUT2D eigenvalue weighted by Crippen LogP contribution is 2.66. The summed E-state index contributed by atoms with van der Waals surface area (Å²) in [6.07, 6.45) is 8.27. The molecular weight excluding hydrogens is 396 g/mol. The average Bonchev–Trinajstić information content (AvgIpc) is 3.22. The van der Waals surface area contributed by atoms with Gasteiger partial charge >= 0.3 is 0 Å². The first kappa shape index (κ1) is 18.6. The number of fused-ring (bicyclic) bond motifs is 4. The van der Waals surface area contributed by atoms with Gasteiger partial charge in [0.15, 0.2) is 0 Å². The quantitative estimate of drug-likeness (QED) is 0.267. The van der Waals surface area contributed by atoms with Crippen LogP contribution in [0.25, 0.3) is 21.9 Å². The summed E-state index contributed by atoms with van der Waals surface area (Å²) < 4.78 is 0. The van der Waals surface area contributed by atoms with Crippen LogP contribution in [0.4, 0.5) is 0 Å². The van der Waals surface area contributed by atoms with Gasteiger partial charge in [-0.25, -0.2) is 0 Å². The highest BCUT2D eigenvalue weighted by atomic mass is 14.6. The van der Waals surface area contributed by atoms with E-state index < -0.39 is 0 Å². The van der Waals surface area contributed by atoms with Gasteiger partial charge in [0, 0.05) is 5.41 Å². The number of rotatable bonds is 2. The predicted molar refractivity (Wildman–Crippen MR) is 136 cm³/mol. The van der Waals surface area contributed by atoms with Gasteiger partial charge < -0.3 is 0 Å². The Balaban J connectivity index is 1.42. The second-order valence-corrected chi connectivity index (χ2v) is 11.4. The van der Waals surface area contributed by atoms with Gasteiger partial charge in [0.2, 0.25) is 0 Å². The van der Waals surface area contributed by atoms with Crippen LogP contribution < -0.4 is 0 Å². The summed E-state index contributed by atoms with van der Waals surface area (Å²) in [5.74, 6) is 3.47. The second-order valence-electron chi connectivity index (χ2n) is 11.4. The summed E-state index contributed by atoms with van der Waals surface area (Å²) in [5.41, 5.74) is 9.33. The molecule has 4 saturated carbocycles. The fourth-order valence-corrected chi connectivity index (χ4v) is 8.96. The van der Waals surface area contributed by atoms with Crippen LogP contribution in [-0.2, 0) is 11.8 Å². The van der Waals surface area contributed by atoms with Crippen molar-refractivity contribution in [2.75, 3.05) is 0 Å². The van der Waals surface area contributed by atoms with Crippen molar-refractivity contribution in [3.63, 3.8) is 0 Å². The number of benzene rings is 4. The van der Waals surface area contributed by atoms with E-state index in [0.717, 1.165) is 30.1 Å². The van der Waals surface area contributed by atoms with E-state index in [2.05, 4.69) is 84.9 Å². The standard InChI is InChI=1S/C33H30/c1-4-10-30-23(6-1)8-5-11-32(30)33(27-15-21-14-22(17-27)18-28(33)16-21)26-13-12-25-19-24-7-2-3-9-29(24)31(25)20-26/h1-13,20-22,27-28H,14-19H2. The molecule has 0 heterocycles. The van der Waals surface area contributed by atoms with Crippen LogP contribution >= 0.6 is 0 Å². The fourth-order valence-electron chi connectivity index (χ4n) is 8.96. The lowest BCUT2D eigenvalue weighted by Crippen LogP contribution is -2.56. The zero-order valence-electron chi connectivity index (χ0n) is 19.1. The summed E-state index contributed by atoms with van der Waals surface area (Å²) in [7, 11) is 0. The third-order valence-electron chi connectivity index (χ3n) is 9.94. The van der Waals surface area contributed by atoms with Crippen molar-refractivity contribution in [2.24, 2.45) is 23.7 Å². The minimum atomic E-state index is 0.154. The van der Waals surface area contributed by atoms with Crippen molar-refractivity contribution >= 4 is 10.8 Å². The molecule has 0 amide bonds. The van der Waals surface area contributed by atoms with Gasteiger partial charge in [-0.1, -0.05) is 78.9 Å². The van der Waals surface area contributed by atoms with Crippen LogP contribution in [0.15, 0.2) is 84.9 Å². The molecule has 33 heavy (non-hydrogen) atoms. The molecule has 0 aliphatic heterocycles. The first-order chi connectivity index (χ1) is 16.3. The Morgan fingerprint density at radius 3 is 2.12 bits per heavy atom. The van der Waals surface area contributed by atoms with E-state index in [0.29, 0.717) is 0 Å². The molecule has 0 spiro atoms. The Morgan fingerprint density at radius 1 is 0.576 bits per heavy atom. The molecule has 5 aliphatic rings. The zero-order chi connectivity index (χ0) is 21.6. The second kappa shape index (κ2) is 6.60. The minimum Gasteiger partial charge on any atom is -0.0619 e. The third kappa shape index (κ3) is 2.42. The maximum absolute atomic E-state index is 2.63. The molecule has 4 aromatic carbocycles. The molecule has 0 nitrogen and oxygen atoms in total. The molecule has 0 saturated heterocycles. The van der Waals surface area contributed by atoms with E-state index in [1.807, 2.05) is 0 Å². The maximum atomic E-state index is 2.63. The molecule has 9 rings (SSSR count). The Hall–Kier alpha value is -2.86. The lowest BCUT2D eigenvalue weighted by Gasteiger charge is -2.62. The van der Waals surface area contributed by atoms with Crippen LogP contribution in [0.2, 0.25) is 0 Å². The smallest absolute Gasteiger partial charge is 0.0265 e. The van der Waals surface area contributed by atoms with Gasteiger partial charge in [0.25, 0.3) is 0 Å².